The minimum Gasteiger partial charge on any atom is -0.462 e. The van der Waals surface area contributed by atoms with E-state index in [0.29, 0.717) is 25.7 Å². The van der Waals surface area contributed by atoms with Crippen LogP contribution in [0.15, 0.2) is 0 Å². The first-order valence-electron chi connectivity index (χ1n) is 33.6. The Morgan fingerprint density at radius 1 is 0.325 bits per heavy atom. The highest BCUT2D eigenvalue weighted by Gasteiger charge is 2.30. The Kier molecular flexibility index (Phi) is 56.4. The van der Waals surface area contributed by atoms with Crippen LogP contribution in [-0.4, -0.2) is 96.7 Å². The Labute approximate surface area is 505 Å². The van der Waals surface area contributed by atoms with Crippen molar-refractivity contribution in [1.82, 2.24) is 0 Å². The Morgan fingerprint density at radius 3 is 0.819 bits per heavy atom. The number of esters is 4. The average Bonchev–Trinajstić information content (AvgIpc) is 3.45. The Morgan fingerprint density at radius 2 is 0.554 bits per heavy atom. The molecule has 2 unspecified atom stereocenters. The third-order valence-electron chi connectivity index (χ3n) is 14.8. The molecule has 0 aliphatic rings. The maximum Gasteiger partial charge on any atom is 0.472 e. The summed E-state index contributed by atoms with van der Waals surface area (Å²) in [5.41, 5.74) is 0. The van der Waals surface area contributed by atoms with E-state index in [0.717, 1.165) is 102 Å². The van der Waals surface area contributed by atoms with Gasteiger partial charge in [0.15, 0.2) is 12.2 Å². The minimum absolute atomic E-state index is 0.0990. The normalized spacial score (nSPS) is 14.2. The first-order valence-corrected chi connectivity index (χ1v) is 36.6. The molecular weight excluding hydrogens is 1100 g/mol. The molecule has 0 aliphatic heterocycles. The third-order valence-corrected chi connectivity index (χ3v) is 16.7. The van der Waals surface area contributed by atoms with Gasteiger partial charge < -0.3 is 33.8 Å². The predicted octanol–water partition coefficient (Wildman–Crippen LogP) is 17.8. The number of phosphoric acid groups is 2. The summed E-state index contributed by atoms with van der Waals surface area (Å²) in [6.07, 6.45) is 42.5. The summed E-state index contributed by atoms with van der Waals surface area (Å²) in [6, 6.07) is 0. The molecule has 0 aromatic carbocycles. The molecule has 0 aromatic heterocycles. The number of ether oxygens (including phenoxy) is 4. The molecule has 0 aliphatic carbocycles. The molecule has 0 heterocycles. The van der Waals surface area contributed by atoms with E-state index >= 15 is 0 Å². The van der Waals surface area contributed by atoms with Crippen LogP contribution in [0.4, 0.5) is 0 Å². The van der Waals surface area contributed by atoms with Crippen LogP contribution in [0.1, 0.15) is 324 Å². The average molecular weight is 1230 g/mol. The molecular formula is C64H124O17P2. The van der Waals surface area contributed by atoms with Crippen molar-refractivity contribution in [3.05, 3.63) is 0 Å². The summed E-state index contributed by atoms with van der Waals surface area (Å²) in [4.78, 5) is 71.7. The first-order chi connectivity index (χ1) is 40.0. The van der Waals surface area contributed by atoms with Gasteiger partial charge in [0.05, 0.1) is 26.4 Å². The number of aliphatic hydroxyl groups is 1. The SMILES string of the molecule is CCCCCCCCCCCCCCCCCC(=O)OC[C@H](COP(=O)(O)OC[C@@H](O)COP(=O)(O)OC[C@@H](COC(=O)CCCCCCC)OC(=O)CCCCCCC)OC(=O)CCCCCCCCCCCCCCCCCC(C)C. The highest BCUT2D eigenvalue weighted by atomic mass is 31.2. The summed E-state index contributed by atoms with van der Waals surface area (Å²) < 4.78 is 67.6. The number of phosphoric ester groups is 2. The van der Waals surface area contributed by atoms with Gasteiger partial charge in [0, 0.05) is 25.7 Å². The van der Waals surface area contributed by atoms with E-state index < -0.39 is 97.5 Å². The molecule has 0 radical (unpaired) electrons. The van der Waals surface area contributed by atoms with Gasteiger partial charge in [-0.1, -0.05) is 272 Å². The second kappa shape index (κ2) is 57.8. The van der Waals surface area contributed by atoms with Gasteiger partial charge in [0.1, 0.15) is 19.3 Å². The molecule has 5 atom stereocenters. The number of carbonyl (C=O) groups is 4. The zero-order chi connectivity index (χ0) is 61.3. The van der Waals surface area contributed by atoms with E-state index in [4.69, 9.17) is 37.0 Å². The van der Waals surface area contributed by atoms with Crippen molar-refractivity contribution in [3.63, 3.8) is 0 Å². The van der Waals surface area contributed by atoms with Crippen LogP contribution in [0.25, 0.3) is 0 Å². The summed E-state index contributed by atoms with van der Waals surface area (Å²) in [5, 5.41) is 10.5. The minimum atomic E-state index is -4.94. The van der Waals surface area contributed by atoms with Crippen LogP contribution in [0.3, 0.4) is 0 Å². The molecule has 0 aromatic rings. The van der Waals surface area contributed by atoms with Crippen molar-refractivity contribution < 1.29 is 80.2 Å². The lowest BCUT2D eigenvalue weighted by atomic mass is 10.0. The van der Waals surface area contributed by atoms with E-state index in [1.807, 2.05) is 0 Å². The lowest BCUT2D eigenvalue weighted by Crippen LogP contribution is -2.30. The van der Waals surface area contributed by atoms with E-state index in [1.54, 1.807) is 0 Å². The Balaban J connectivity index is 5.08. The van der Waals surface area contributed by atoms with Gasteiger partial charge >= 0.3 is 39.5 Å². The molecule has 0 saturated carbocycles. The van der Waals surface area contributed by atoms with Crippen molar-refractivity contribution >= 4 is 39.5 Å². The summed E-state index contributed by atoms with van der Waals surface area (Å²) in [6.45, 7) is 7.04. The zero-order valence-corrected chi connectivity index (χ0v) is 55.1. The molecule has 19 heteroatoms. The molecule has 0 bridgehead atoms. The van der Waals surface area contributed by atoms with E-state index in [1.165, 1.54) is 141 Å². The maximum absolute atomic E-state index is 13.0. The fourth-order valence-corrected chi connectivity index (χ4v) is 11.2. The lowest BCUT2D eigenvalue weighted by Gasteiger charge is -2.21. The van der Waals surface area contributed by atoms with E-state index in [-0.39, 0.29) is 25.7 Å². The van der Waals surface area contributed by atoms with Crippen molar-refractivity contribution in [3.8, 4) is 0 Å². The number of hydrogen-bond donors (Lipinski definition) is 3. The Hall–Kier alpha value is -1.94. The molecule has 492 valence electrons. The van der Waals surface area contributed by atoms with Crippen molar-refractivity contribution in [2.45, 2.75) is 342 Å². The fraction of sp³-hybridized carbons (Fsp3) is 0.938. The molecule has 0 spiro atoms. The molecule has 0 saturated heterocycles. The van der Waals surface area contributed by atoms with E-state index in [2.05, 4.69) is 34.6 Å². The first kappa shape index (κ1) is 81.1. The maximum atomic E-state index is 13.0. The number of unbranched alkanes of at least 4 members (excludes halogenated alkanes) is 36. The molecule has 0 amide bonds. The van der Waals surface area contributed by atoms with Crippen molar-refractivity contribution in [2.24, 2.45) is 5.92 Å². The molecule has 3 N–H and O–H groups in total. The number of carbonyl (C=O) groups excluding carboxylic acids is 4. The smallest absolute Gasteiger partial charge is 0.462 e. The van der Waals surface area contributed by atoms with Crippen LogP contribution >= 0.6 is 15.6 Å². The topological polar surface area (TPSA) is 237 Å². The number of hydrogen-bond acceptors (Lipinski definition) is 15. The molecule has 83 heavy (non-hydrogen) atoms. The van der Waals surface area contributed by atoms with Crippen LogP contribution in [0.5, 0.6) is 0 Å². The monoisotopic (exact) mass is 1230 g/mol. The second-order valence-corrected chi connectivity index (χ2v) is 26.5. The van der Waals surface area contributed by atoms with Crippen molar-refractivity contribution in [1.29, 1.82) is 0 Å². The fourth-order valence-electron chi connectivity index (χ4n) is 9.58. The lowest BCUT2D eigenvalue weighted by molar-refractivity contribution is -0.161. The van der Waals surface area contributed by atoms with Crippen LogP contribution < -0.4 is 0 Å². The van der Waals surface area contributed by atoms with Gasteiger partial charge in [0.2, 0.25) is 0 Å². The standard InChI is InChI=1S/C64H124O17P2/c1-6-9-12-15-16-17-18-19-21-25-28-31-34-39-43-48-62(67)75-54-60(81-64(69)50-45-40-35-32-29-26-23-20-22-24-27-30-33-38-41-46-57(4)5)56-79-83(72,73)77-52-58(65)51-76-82(70,71)78-55-59(80-63(68)49-44-37-14-11-8-3)53-74-61(66)47-42-36-13-10-7-2/h57-60,65H,6-56H2,1-5H3,(H,70,71)(H,72,73)/t58-,59+,60+/m0/s1. The highest BCUT2D eigenvalue weighted by Crippen LogP contribution is 2.45. The van der Waals surface area contributed by atoms with Gasteiger partial charge in [-0.3, -0.25) is 37.3 Å². The Bertz CT molecular complexity index is 1620. The third kappa shape index (κ3) is 58.8. The molecule has 17 nitrogen and oxygen atoms in total. The van der Waals surface area contributed by atoms with E-state index in [9.17, 15) is 43.2 Å². The van der Waals surface area contributed by atoms with Gasteiger partial charge in [-0.25, -0.2) is 9.13 Å². The quantitative estimate of drug-likeness (QED) is 0.0222. The number of rotatable bonds is 64. The van der Waals surface area contributed by atoms with Crippen LogP contribution in [0, 0.1) is 5.92 Å². The second-order valence-electron chi connectivity index (χ2n) is 23.6. The molecule has 0 rings (SSSR count). The van der Waals surface area contributed by atoms with Gasteiger partial charge in [0.25, 0.3) is 0 Å². The summed E-state index contributed by atoms with van der Waals surface area (Å²) in [7, 11) is -9.87. The van der Waals surface area contributed by atoms with Crippen LogP contribution in [0.2, 0.25) is 0 Å². The number of aliphatic hydroxyl groups excluding tert-OH is 1. The largest absolute Gasteiger partial charge is 0.472 e. The van der Waals surface area contributed by atoms with Gasteiger partial charge in [-0.05, 0) is 31.6 Å². The van der Waals surface area contributed by atoms with Gasteiger partial charge in [-0.2, -0.15) is 0 Å². The van der Waals surface area contributed by atoms with Crippen molar-refractivity contribution in [2.75, 3.05) is 39.6 Å². The van der Waals surface area contributed by atoms with Gasteiger partial charge in [-0.15, -0.1) is 0 Å². The highest BCUT2D eigenvalue weighted by molar-refractivity contribution is 7.47. The van der Waals surface area contributed by atoms with Crippen LogP contribution in [-0.2, 0) is 65.4 Å². The predicted molar refractivity (Wildman–Crippen MR) is 331 cm³/mol. The molecule has 0 fully saturated rings. The summed E-state index contributed by atoms with van der Waals surface area (Å²) in [5.74, 6) is -1.35. The summed E-state index contributed by atoms with van der Waals surface area (Å²) >= 11 is 0. The zero-order valence-electron chi connectivity index (χ0n) is 53.3.